The predicted octanol–water partition coefficient (Wildman–Crippen LogP) is 2.44. The van der Waals surface area contributed by atoms with Crippen LogP contribution in [-0.4, -0.2) is 12.2 Å². The van der Waals surface area contributed by atoms with Gasteiger partial charge in [0.05, 0.1) is 13.7 Å². The van der Waals surface area contributed by atoms with E-state index in [1.165, 1.54) is 0 Å². The first-order valence-electron chi connectivity index (χ1n) is 5.38. The minimum Gasteiger partial charge on any atom is -0.497 e. The van der Waals surface area contributed by atoms with Gasteiger partial charge in [0.15, 0.2) is 0 Å². The molecular weight excluding hydrogens is 214 g/mol. The number of hydrogen-bond acceptors (Lipinski definition) is 3. The lowest BCUT2D eigenvalue weighted by Crippen LogP contribution is -1.93. The van der Waals surface area contributed by atoms with E-state index < -0.39 is 0 Å². The Morgan fingerprint density at radius 1 is 1.18 bits per heavy atom. The van der Waals surface area contributed by atoms with Crippen LogP contribution in [-0.2, 0) is 6.61 Å². The van der Waals surface area contributed by atoms with Crippen molar-refractivity contribution in [2.45, 2.75) is 6.61 Å². The number of nitrogen functional groups attached to an aromatic ring is 1. The Kier molecular flexibility index (Phi) is 3.30. The molecule has 0 aliphatic rings. The van der Waals surface area contributed by atoms with E-state index in [9.17, 15) is 5.11 Å². The smallest absolute Gasteiger partial charge is 0.121 e. The number of ether oxygens (including phenoxy) is 1. The first-order chi connectivity index (χ1) is 8.24. The summed E-state index contributed by atoms with van der Waals surface area (Å²) in [6, 6.07) is 13.2. The zero-order valence-corrected chi connectivity index (χ0v) is 9.68. The van der Waals surface area contributed by atoms with Crippen LogP contribution in [0, 0.1) is 0 Å². The first kappa shape index (κ1) is 11.5. The molecule has 0 aliphatic heterocycles. The zero-order chi connectivity index (χ0) is 12.3. The average molecular weight is 229 g/mol. The lowest BCUT2D eigenvalue weighted by molar-refractivity contribution is 0.282. The van der Waals surface area contributed by atoms with Crippen LogP contribution in [0.15, 0.2) is 42.5 Å². The van der Waals surface area contributed by atoms with Gasteiger partial charge in [-0.05, 0) is 28.8 Å². The van der Waals surface area contributed by atoms with Crippen molar-refractivity contribution in [1.29, 1.82) is 0 Å². The molecule has 0 heterocycles. The third-order valence-electron chi connectivity index (χ3n) is 2.66. The fourth-order valence-corrected chi connectivity index (χ4v) is 1.84. The van der Waals surface area contributed by atoms with E-state index in [1.54, 1.807) is 13.2 Å². The van der Waals surface area contributed by atoms with E-state index in [4.69, 9.17) is 10.5 Å². The second-order valence-electron chi connectivity index (χ2n) is 3.81. The van der Waals surface area contributed by atoms with E-state index in [0.29, 0.717) is 11.4 Å². The highest BCUT2D eigenvalue weighted by Crippen LogP contribution is 2.29. The number of anilines is 1. The number of rotatable bonds is 3. The van der Waals surface area contributed by atoms with E-state index in [1.807, 2.05) is 36.4 Å². The third kappa shape index (κ3) is 2.40. The summed E-state index contributed by atoms with van der Waals surface area (Å²) in [6.07, 6.45) is 0. The topological polar surface area (TPSA) is 55.5 Å². The molecule has 88 valence electrons. The molecule has 0 aromatic heterocycles. The van der Waals surface area contributed by atoms with Crippen LogP contribution in [0.5, 0.6) is 5.75 Å². The summed E-state index contributed by atoms with van der Waals surface area (Å²) in [5.41, 5.74) is 9.27. The minimum atomic E-state index is 0.00723. The van der Waals surface area contributed by atoms with Crippen LogP contribution in [0.4, 0.5) is 5.69 Å². The zero-order valence-electron chi connectivity index (χ0n) is 9.68. The van der Waals surface area contributed by atoms with Crippen molar-refractivity contribution in [3.8, 4) is 16.9 Å². The minimum absolute atomic E-state index is 0.00723. The van der Waals surface area contributed by atoms with E-state index >= 15 is 0 Å². The molecule has 0 bridgehead atoms. The molecule has 0 fully saturated rings. The Labute approximate surface area is 100 Å². The summed E-state index contributed by atoms with van der Waals surface area (Å²) in [7, 11) is 1.61. The van der Waals surface area contributed by atoms with E-state index in [2.05, 4.69) is 0 Å². The number of aliphatic hydroxyl groups excluding tert-OH is 1. The molecule has 2 aromatic carbocycles. The molecule has 3 nitrogen and oxygen atoms in total. The Balaban J connectivity index is 2.55. The van der Waals surface area contributed by atoms with Gasteiger partial charge in [0.2, 0.25) is 0 Å². The van der Waals surface area contributed by atoms with Crippen molar-refractivity contribution < 1.29 is 9.84 Å². The Morgan fingerprint density at radius 3 is 2.65 bits per heavy atom. The van der Waals surface area contributed by atoms with Crippen molar-refractivity contribution in [2.75, 3.05) is 12.8 Å². The van der Waals surface area contributed by atoms with Gasteiger partial charge in [0, 0.05) is 11.8 Å². The normalized spacial score (nSPS) is 10.2. The molecule has 3 N–H and O–H groups in total. The SMILES string of the molecule is COc1cc(N)cc(-c2ccccc2CO)c1. The fourth-order valence-electron chi connectivity index (χ4n) is 1.84. The second kappa shape index (κ2) is 4.89. The maximum absolute atomic E-state index is 9.31. The molecule has 17 heavy (non-hydrogen) atoms. The van der Waals surface area contributed by atoms with E-state index in [0.717, 1.165) is 16.7 Å². The van der Waals surface area contributed by atoms with Gasteiger partial charge in [0.25, 0.3) is 0 Å². The highest BCUT2D eigenvalue weighted by atomic mass is 16.5. The van der Waals surface area contributed by atoms with E-state index in [-0.39, 0.29) is 6.61 Å². The van der Waals surface area contributed by atoms with Gasteiger partial charge in [-0.2, -0.15) is 0 Å². The van der Waals surface area contributed by atoms with Crippen molar-refractivity contribution in [1.82, 2.24) is 0 Å². The molecule has 0 unspecified atom stereocenters. The van der Waals surface area contributed by atoms with Crippen molar-refractivity contribution in [2.24, 2.45) is 0 Å². The van der Waals surface area contributed by atoms with Crippen LogP contribution in [0.25, 0.3) is 11.1 Å². The summed E-state index contributed by atoms with van der Waals surface area (Å²) < 4.78 is 5.19. The molecular formula is C14H15NO2. The highest BCUT2D eigenvalue weighted by Gasteiger charge is 2.06. The van der Waals surface area contributed by atoms with Crippen LogP contribution in [0.3, 0.4) is 0 Å². The number of hydrogen-bond donors (Lipinski definition) is 2. The van der Waals surface area contributed by atoms with Crippen LogP contribution < -0.4 is 10.5 Å². The van der Waals surface area contributed by atoms with Crippen molar-refractivity contribution in [3.63, 3.8) is 0 Å². The molecule has 2 aromatic rings. The number of methoxy groups -OCH3 is 1. The summed E-state index contributed by atoms with van der Waals surface area (Å²) >= 11 is 0. The largest absolute Gasteiger partial charge is 0.497 e. The van der Waals surface area contributed by atoms with Crippen molar-refractivity contribution >= 4 is 5.69 Å². The number of aliphatic hydroxyl groups is 1. The van der Waals surface area contributed by atoms with Gasteiger partial charge in [-0.3, -0.25) is 0 Å². The maximum atomic E-state index is 9.31. The van der Waals surface area contributed by atoms with Crippen LogP contribution in [0.1, 0.15) is 5.56 Å². The maximum Gasteiger partial charge on any atom is 0.121 e. The van der Waals surface area contributed by atoms with Crippen molar-refractivity contribution in [3.05, 3.63) is 48.0 Å². The van der Waals surface area contributed by atoms with Gasteiger partial charge in [-0.1, -0.05) is 24.3 Å². The summed E-state index contributed by atoms with van der Waals surface area (Å²) in [5, 5.41) is 9.31. The number of benzene rings is 2. The molecule has 0 spiro atoms. The lowest BCUT2D eigenvalue weighted by atomic mass is 9.99. The fraction of sp³-hybridized carbons (Fsp3) is 0.143. The third-order valence-corrected chi connectivity index (χ3v) is 2.66. The molecule has 0 radical (unpaired) electrons. The van der Waals surface area contributed by atoms with Gasteiger partial charge in [0.1, 0.15) is 5.75 Å². The quantitative estimate of drug-likeness (QED) is 0.795. The van der Waals surface area contributed by atoms with Crippen LogP contribution >= 0.6 is 0 Å². The molecule has 0 amide bonds. The molecule has 2 rings (SSSR count). The second-order valence-corrected chi connectivity index (χ2v) is 3.81. The molecule has 0 atom stereocenters. The number of nitrogens with two attached hydrogens (primary N) is 1. The Morgan fingerprint density at radius 2 is 1.94 bits per heavy atom. The van der Waals surface area contributed by atoms with Gasteiger partial charge >= 0.3 is 0 Å². The Bertz CT molecular complexity index is 523. The highest BCUT2D eigenvalue weighted by molar-refractivity contribution is 5.72. The summed E-state index contributed by atoms with van der Waals surface area (Å²) in [4.78, 5) is 0. The molecule has 0 aliphatic carbocycles. The average Bonchev–Trinajstić information content (AvgIpc) is 2.37. The Hall–Kier alpha value is -2.00. The van der Waals surface area contributed by atoms with Gasteiger partial charge in [-0.25, -0.2) is 0 Å². The first-order valence-corrected chi connectivity index (χ1v) is 5.38. The monoisotopic (exact) mass is 229 g/mol. The van der Waals surface area contributed by atoms with Gasteiger partial charge in [-0.15, -0.1) is 0 Å². The molecule has 0 saturated heterocycles. The lowest BCUT2D eigenvalue weighted by Gasteiger charge is -2.10. The van der Waals surface area contributed by atoms with Crippen LogP contribution in [0.2, 0.25) is 0 Å². The summed E-state index contributed by atoms with van der Waals surface area (Å²) in [6.45, 7) is 0.00723. The summed E-state index contributed by atoms with van der Waals surface area (Å²) in [5.74, 6) is 0.716. The molecule has 0 saturated carbocycles. The standard InChI is InChI=1S/C14H15NO2/c1-17-13-7-11(6-12(15)8-13)14-5-3-2-4-10(14)9-16/h2-8,16H,9,15H2,1H3. The molecule has 3 heteroatoms. The van der Waals surface area contributed by atoms with Gasteiger partial charge < -0.3 is 15.6 Å². The predicted molar refractivity (Wildman–Crippen MR) is 68.8 cm³/mol.